The molecule has 132 valence electrons. The normalized spacial score (nSPS) is 12.1. The standard InChI is InChI=1S/C17H13F2N5O2/c18-11-2-3-13(12(19)6-11)22-16-8-21-24-17(23-16)20-7-10-1-4-14-15(5-10)26-9-25-14/h1-6,8H,7,9H2,(H2,20,22,23,24). The Morgan fingerprint density at radius 2 is 1.92 bits per heavy atom. The highest BCUT2D eigenvalue weighted by Gasteiger charge is 2.13. The molecule has 0 saturated carbocycles. The Labute approximate surface area is 147 Å². The zero-order chi connectivity index (χ0) is 17.9. The number of hydrogen-bond donors (Lipinski definition) is 2. The van der Waals surface area contributed by atoms with E-state index in [2.05, 4.69) is 25.8 Å². The Morgan fingerprint density at radius 3 is 2.81 bits per heavy atom. The summed E-state index contributed by atoms with van der Waals surface area (Å²) in [6.45, 7) is 0.652. The van der Waals surface area contributed by atoms with Gasteiger partial charge in [0.1, 0.15) is 11.6 Å². The fraction of sp³-hybridized carbons (Fsp3) is 0.118. The SMILES string of the molecule is Fc1ccc(Nc2cnnc(NCc3ccc4c(c3)OCO4)n2)c(F)c1. The lowest BCUT2D eigenvalue weighted by Gasteiger charge is -2.09. The van der Waals surface area contributed by atoms with Crippen LogP contribution >= 0.6 is 0 Å². The van der Waals surface area contributed by atoms with Gasteiger partial charge in [0.15, 0.2) is 17.3 Å². The largest absolute Gasteiger partial charge is 0.454 e. The summed E-state index contributed by atoms with van der Waals surface area (Å²) < 4.78 is 37.3. The highest BCUT2D eigenvalue weighted by Crippen LogP contribution is 2.32. The molecular weight excluding hydrogens is 344 g/mol. The van der Waals surface area contributed by atoms with E-state index in [1.165, 1.54) is 12.3 Å². The first kappa shape index (κ1) is 16.0. The second-order valence-corrected chi connectivity index (χ2v) is 5.46. The lowest BCUT2D eigenvalue weighted by Crippen LogP contribution is -2.06. The number of nitrogens with one attached hydrogen (secondary N) is 2. The second-order valence-electron chi connectivity index (χ2n) is 5.46. The van der Waals surface area contributed by atoms with E-state index in [-0.39, 0.29) is 24.2 Å². The summed E-state index contributed by atoms with van der Waals surface area (Å²) in [6, 6.07) is 8.80. The van der Waals surface area contributed by atoms with Crippen LogP contribution in [0.2, 0.25) is 0 Å². The molecule has 0 bridgehead atoms. The molecule has 0 fully saturated rings. The zero-order valence-electron chi connectivity index (χ0n) is 13.4. The quantitative estimate of drug-likeness (QED) is 0.725. The van der Waals surface area contributed by atoms with Crippen molar-refractivity contribution in [3.63, 3.8) is 0 Å². The van der Waals surface area contributed by atoms with Gasteiger partial charge in [0.05, 0.1) is 11.9 Å². The van der Waals surface area contributed by atoms with Gasteiger partial charge in [-0.3, -0.25) is 0 Å². The van der Waals surface area contributed by atoms with E-state index in [4.69, 9.17) is 9.47 Å². The smallest absolute Gasteiger partial charge is 0.244 e. The average molecular weight is 357 g/mol. The van der Waals surface area contributed by atoms with E-state index in [9.17, 15) is 8.78 Å². The Kier molecular flexibility index (Phi) is 4.18. The highest BCUT2D eigenvalue weighted by molar-refractivity contribution is 5.56. The maximum Gasteiger partial charge on any atom is 0.244 e. The van der Waals surface area contributed by atoms with Gasteiger partial charge < -0.3 is 20.1 Å². The van der Waals surface area contributed by atoms with E-state index in [0.29, 0.717) is 18.0 Å². The third-order valence-corrected chi connectivity index (χ3v) is 3.64. The molecule has 7 nitrogen and oxygen atoms in total. The third-order valence-electron chi connectivity index (χ3n) is 3.64. The molecule has 1 aromatic heterocycles. The minimum Gasteiger partial charge on any atom is -0.454 e. The minimum absolute atomic E-state index is 0.0913. The summed E-state index contributed by atoms with van der Waals surface area (Å²) in [5.74, 6) is 0.553. The number of halogens is 2. The number of aromatic nitrogens is 3. The van der Waals surface area contributed by atoms with Crippen molar-refractivity contribution >= 4 is 17.5 Å². The fourth-order valence-electron chi connectivity index (χ4n) is 2.40. The van der Waals surface area contributed by atoms with Gasteiger partial charge in [0, 0.05) is 12.6 Å². The molecule has 0 aliphatic carbocycles. The lowest BCUT2D eigenvalue weighted by atomic mass is 10.2. The number of nitrogens with zero attached hydrogens (tertiary/aromatic N) is 3. The van der Waals surface area contributed by atoms with Crippen molar-refractivity contribution in [1.82, 2.24) is 15.2 Å². The molecule has 0 saturated heterocycles. The van der Waals surface area contributed by atoms with E-state index < -0.39 is 11.6 Å². The third kappa shape index (κ3) is 3.46. The Hall–Kier alpha value is -3.49. The van der Waals surface area contributed by atoms with Gasteiger partial charge in [0.2, 0.25) is 12.7 Å². The summed E-state index contributed by atoms with van der Waals surface area (Å²) in [7, 11) is 0. The molecular formula is C17H13F2N5O2. The Morgan fingerprint density at radius 1 is 1.04 bits per heavy atom. The van der Waals surface area contributed by atoms with Crippen molar-refractivity contribution in [2.45, 2.75) is 6.54 Å². The summed E-state index contributed by atoms with van der Waals surface area (Å²) in [6.07, 6.45) is 1.34. The summed E-state index contributed by atoms with van der Waals surface area (Å²) >= 11 is 0. The topological polar surface area (TPSA) is 81.2 Å². The first-order valence-corrected chi connectivity index (χ1v) is 7.71. The predicted octanol–water partition coefficient (Wildman–Crippen LogP) is 3.23. The molecule has 0 radical (unpaired) electrons. The van der Waals surface area contributed by atoms with Crippen LogP contribution in [0.25, 0.3) is 0 Å². The minimum atomic E-state index is -0.724. The van der Waals surface area contributed by atoms with Crippen LogP contribution < -0.4 is 20.1 Å². The van der Waals surface area contributed by atoms with Crippen molar-refractivity contribution in [3.05, 3.63) is 59.8 Å². The first-order valence-electron chi connectivity index (χ1n) is 7.71. The number of hydrogen-bond acceptors (Lipinski definition) is 7. The number of anilines is 3. The molecule has 26 heavy (non-hydrogen) atoms. The monoisotopic (exact) mass is 357 g/mol. The fourth-order valence-corrected chi connectivity index (χ4v) is 2.40. The maximum atomic E-state index is 13.7. The molecule has 2 aromatic carbocycles. The molecule has 2 heterocycles. The molecule has 4 rings (SSSR count). The van der Waals surface area contributed by atoms with E-state index >= 15 is 0 Å². The Bertz CT molecular complexity index is 954. The van der Waals surface area contributed by atoms with Gasteiger partial charge >= 0.3 is 0 Å². The number of fused-ring (bicyclic) bond motifs is 1. The van der Waals surface area contributed by atoms with Crippen LogP contribution in [0.1, 0.15) is 5.56 Å². The molecule has 1 aliphatic heterocycles. The van der Waals surface area contributed by atoms with Gasteiger partial charge in [-0.1, -0.05) is 6.07 Å². The molecule has 2 N–H and O–H groups in total. The highest BCUT2D eigenvalue weighted by atomic mass is 19.1. The second kappa shape index (κ2) is 6.79. The summed E-state index contributed by atoms with van der Waals surface area (Å²) in [5.41, 5.74) is 1.04. The van der Waals surface area contributed by atoms with Gasteiger partial charge in [0.25, 0.3) is 0 Å². The van der Waals surface area contributed by atoms with Gasteiger partial charge in [-0.05, 0) is 29.8 Å². The lowest BCUT2D eigenvalue weighted by molar-refractivity contribution is 0.174. The molecule has 0 spiro atoms. The van der Waals surface area contributed by atoms with Gasteiger partial charge in [-0.25, -0.2) is 8.78 Å². The van der Waals surface area contributed by atoms with Crippen LogP contribution in [0.3, 0.4) is 0 Å². The van der Waals surface area contributed by atoms with Crippen molar-refractivity contribution in [3.8, 4) is 11.5 Å². The zero-order valence-corrected chi connectivity index (χ0v) is 13.4. The average Bonchev–Trinajstić information content (AvgIpc) is 3.10. The summed E-state index contributed by atoms with van der Waals surface area (Å²) in [4.78, 5) is 4.21. The van der Waals surface area contributed by atoms with Crippen LogP contribution in [-0.2, 0) is 6.54 Å². The van der Waals surface area contributed by atoms with Crippen molar-refractivity contribution in [1.29, 1.82) is 0 Å². The van der Waals surface area contributed by atoms with Crippen molar-refractivity contribution < 1.29 is 18.3 Å². The molecule has 0 amide bonds. The summed E-state index contributed by atoms with van der Waals surface area (Å²) in [5, 5.41) is 13.5. The van der Waals surface area contributed by atoms with E-state index in [1.807, 2.05) is 18.2 Å². The van der Waals surface area contributed by atoms with Crippen LogP contribution in [0.15, 0.2) is 42.6 Å². The first-order chi connectivity index (χ1) is 12.7. The van der Waals surface area contributed by atoms with Crippen LogP contribution in [-0.4, -0.2) is 22.0 Å². The van der Waals surface area contributed by atoms with Crippen molar-refractivity contribution in [2.75, 3.05) is 17.4 Å². The number of rotatable bonds is 5. The van der Waals surface area contributed by atoms with Crippen LogP contribution in [0.4, 0.5) is 26.2 Å². The van der Waals surface area contributed by atoms with Gasteiger partial charge in [-0.2, -0.15) is 10.1 Å². The molecule has 3 aromatic rings. The van der Waals surface area contributed by atoms with Crippen LogP contribution in [0, 0.1) is 11.6 Å². The molecule has 1 aliphatic rings. The van der Waals surface area contributed by atoms with E-state index in [0.717, 1.165) is 17.7 Å². The number of ether oxygens (including phenoxy) is 2. The number of benzene rings is 2. The van der Waals surface area contributed by atoms with Gasteiger partial charge in [-0.15, -0.1) is 5.10 Å². The van der Waals surface area contributed by atoms with Crippen LogP contribution in [0.5, 0.6) is 11.5 Å². The molecule has 0 atom stereocenters. The predicted molar refractivity (Wildman–Crippen MR) is 89.4 cm³/mol. The molecule has 9 heteroatoms. The van der Waals surface area contributed by atoms with E-state index in [1.54, 1.807) is 0 Å². The van der Waals surface area contributed by atoms with Crippen molar-refractivity contribution in [2.24, 2.45) is 0 Å². The molecule has 0 unspecified atom stereocenters. The Balaban J connectivity index is 1.44. The maximum absolute atomic E-state index is 13.7.